The number of benzene rings is 1. The van der Waals surface area contributed by atoms with E-state index in [1.54, 1.807) is 0 Å². The van der Waals surface area contributed by atoms with E-state index >= 15 is 0 Å². The molecule has 0 fully saturated rings. The average molecular weight is 261 g/mol. The van der Waals surface area contributed by atoms with Gasteiger partial charge < -0.3 is 10.1 Å². The fourth-order valence-electron chi connectivity index (χ4n) is 1.68. The van der Waals surface area contributed by atoms with E-state index < -0.39 is 0 Å². The van der Waals surface area contributed by atoms with Crippen LogP contribution in [0.15, 0.2) is 42.5 Å². The van der Waals surface area contributed by atoms with Crippen LogP contribution in [0, 0.1) is 0 Å². The molecule has 0 aliphatic rings. The van der Waals surface area contributed by atoms with Gasteiger partial charge in [0.15, 0.2) is 0 Å². The molecule has 1 aromatic carbocycles. The Balaban J connectivity index is 1.61. The van der Waals surface area contributed by atoms with Gasteiger partial charge in [0.25, 0.3) is 0 Å². The molecule has 0 amide bonds. The summed E-state index contributed by atoms with van der Waals surface area (Å²) in [6, 6.07) is 14.3. The molecule has 0 atom stereocenters. The van der Waals surface area contributed by atoms with Gasteiger partial charge in [-0.05, 0) is 30.7 Å². The van der Waals surface area contributed by atoms with E-state index in [0.29, 0.717) is 6.61 Å². The summed E-state index contributed by atoms with van der Waals surface area (Å²) in [6.07, 6.45) is 1.13. The van der Waals surface area contributed by atoms with Crippen molar-refractivity contribution in [2.24, 2.45) is 0 Å². The summed E-state index contributed by atoms with van der Waals surface area (Å²) in [5, 5.41) is 3.39. The molecule has 1 heterocycles. The molecular formula is C15H19NOS. The molecule has 0 saturated carbocycles. The molecular weight excluding hydrogens is 242 g/mol. The fourth-order valence-corrected chi connectivity index (χ4v) is 2.60. The Morgan fingerprint density at radius 3 is 2.56 bits per heavy atom. The number of thiophene rings is 1. The number of hydrogen-bond donors (Lipinski definition) is 1. The van der Waals surface area contributed by atoms with Crippen molar-refractivity contribution in [1.29, 1.82) is 0 Å². The van der Waals surface area contributed by atoms with E-state index in [1.165, 1.54) is 9.75 Å². The summed E-state index contributed by atoms with van der Waals surface area (Å²) in [5.74, 6) is 0.934. The lowest BCUT2D eigenvalue weighted by molar-refractivity contribution is 0.314. The Kier molecular flexibility index (Phi) is 5.24. The summed E-state index contributed by atoms with van der Waals surface area (Å²) >= 11 is 1.88. The van der Waals surface area contributed by atoms with Crippen LogP contribution < -0.4 is 10.1 Å². The van der Waals surface area contributed by atoms with Gasteiger partial charge >= 0.3 is 0 Å². The first-order valence-corrected chi connectivity index (χ1v) is 7.16. The average Bonchev–Trinajstić information content (AvgIpc) is 2.87. The van der Waals surface area contributed by atoms with Crippen molar-refractivity contribution < 1.29 is 4.74 Å². The standard InChI is InChI=1S/C15H19NOS/c1-2-14-8-9-15(18-14)12-16-10-11-17-13-6-4-3-5-7-13/h3-9,16H,2,10-12H2,1H3. The largest absolute Gasteiger partial charge is 0.492 e. The quantitative estimate of drug-likeness (QED) is 0.770. The van der Waals surface area contributed by atoms with Gasteiger partial charge in [0.1, 0.15) is 12.4 Å². The summed E-state index contributed by atoms with van der Waals surface area (Å²) in [4.78, 5) is 2.85. The Morgan fingerprint density at radius 1 is 1.06 bits per heavy atom. The zero-order chi connectivity index (χ0) is 12.6. The molecule has 1 N–H and O–H groups in total. The van der Waals surface area contributed by atoms with Crippen LogP contribution in [0.25, 0.3) is 0 Å². The summed E-state index contributed by atoms with van der Waals surface area (Å²) in [7, 11) is 0. The van der Waals surface area contributed by atoms with Gasteiger partial charge in [-0.2, -0.15) is 0 Å². The maximum atomic E-state index is 5.61. The normalized spacial score (nSPS) is 10.5. The van der Waals surface area contributed by atoms with Gasteiger partial charge in [-0.15, -0.1) is 11.3 Å². The minimum atomic E-state index is 0.704. The zero-order valence-electron chi connectivity index (χ0n) is 10.7. The Hall–Kier alpha value is -1.32. The second-order valence-electron chi connectivity index (χ2n) is 4.06. The van der Waals surface area contributed by atoms with Crippen molar-refractivity contribution in [2.45, 2.75) is 19.9 Å². The fraction of sp³-hybridized carbons (Fsp3) is 0.333. The van der Waals surface area contributed by atoms with Crippen molar-refractivity contribution in [3.8, 4) is 5.75 Å². The van der Waals surface area contributed by atoms with Crippen molar-refractivity contribution in [3.63, 3.8) is 0 Å². The van der Waals surface area contributed by atoms with E-state index in [1.807, 2.05) is 41.7 Å². The smallest absolute Gasteiger partial charge is 0.119 e. The first-order valence-electron chi connectivity index (χ1n) is 6.34. The van der Waals surface area contributed by atoms with Gasteiger partial charge in [0.2, 0.25) is 0 Å². The Bertz CT molecular complexity index is 453. The second kappa shape index (κ2) is 7.19. The number of aryl methyl sites for hydroxylation is 1. The molecule has 18 heavy (non-hydrogen) atoms. The first kappa shape index (κ1) is 13.1. The molecule has 0 bridgehead atoms. The maximum absolute atomic E-state index is 5.61. The van der Waals surface area contributed by atoms with E-state index in [9.17, 15) is 0 Å². The van der Waals surface area contributed by atoms with Gasteiger partial charge in [0, 0.05) is 22.8 Å². The first-order chi connectivity index (χ1) is 8.88. The topological polar surface area (TPSA) is 21.3 Å². The molecule has 0 radical (unpaired) electrons. The molecule has 2 aromatic rings. The van der Waals surface area contributed by atoms with Crippen LogP contribution >= 0.6 is 11.3 Å². The predicted molar refractivity (Wildman–Crippen MR) is 77.3 cm³/mol. The number of hydrogen-bond acceptors (Lipinski definition) is 3. The number of rotatable bonds is 7. The number of nitrogens with one attached hydrogen (secondary N) is 1. The van der Waals surface area contributed by atoms with Crippen LogP contribution in [0.3, 0.4) is 0 Å². The van der Waals surface area contributed by atoms with Crippen LogP contribution in [0.2, 0.25) is 0 Å². The number of para-hydroxylation sites is 1. The van der Waals surface area contributed by atoms with Crippen LogP contribution in [0.5, 0.6) is 5.75 Å². The third-order valence-corrected chi connectivity index (χ3v) is 3.89. The zero-order valence-corrected chi connectivity index (χ0v) is 11.5. The molecule has 96 valence electrons. The van der Waals surface area contributed by atoms with Gasteiger partial charge in [0.05, 0.1) is 0 Å². The number of ether oxygens (including phenoxy) is 1. The highest BCUT2D eigenvalue weighted by atomic mass is 32.1. The van der Waals surface area contributed by atoms with Crippen LogP contribution in [0.4, 0.5) is 0 Å². The lowest BCUT2D eigenvalue weighted by Gasteiger charge is -2.06. The van der Waals surface area contributed by atoms with Gasteiger partial charge in [-0.3, -0.25) is 0 Å². The molecule has 2 nitrogen and oxygen atoms in total. The van der Waals surface area contributed by atoms with Crippen LogP contribution in [0.1, 0.15) is 16.7 Å². The van der Waals surface area contributed by atoms with Crippen molar-refractivity contribution in [1.82, 2.24) is 5.32 Å². The molecule has 0 aliphatic heterocycles. The summed E-state index contributed by atoms with van der Waals surface area (Å²) in [6.45, 7) is 4.70. The summed E-state index contributed by atoms with van der Waals surface area (Å²) in [5.41, 5.74) is 0. The maximum Gasteiger partial charge on any atom is 0.119 e. The van der Waals surface area contributed by atoms with Crippen LogP contribution in [-0.4, -0.2) is 13.2 Å². The lowest BCUT2D eigenvalue weighted by atomic mass is 10.3. The van der Waals surface area contributed by atoms with Crippen molar-refractivity contribution in [2.75, 3.05) is 13.2 Å². The Morgan fingerprint density at radius 2 is 1.83 bits per heavy atom. The summed E-state index contributed by atoms with van der Waals surface area (Å²) < 4.78 is 5.61. The Labute approximate surface area is 113 Å². The van der Waals surface area contributed by atoms with E-state index in [2.05, 4.69) is 24.4 Å². The highest BCUT2D eigenvalue weighted by Gasteiger charge is 1.98. The monoisotopic (exact) mass is 261 g/mol. The molecule has 1 aromatic heterocycles. The van der Waals surface area contributed by atoms with Gasteiger partial charge in [-0.1, -0.05) is 25.1 Å². The van der Waals surface area contributed by atoms with Crippen molar-refractivity contribution >= 4 is 11.3 Å². The molecule has 3 heteroatoms. The minimum absolute atomic E-state index is 0.704. The SMILES string of the molecule is CCc1ccc(CNCCOc2ccccc2)s1. The second-order valence-corrected chi connectivity index (χ2v) is 5.31. The minimum Gasteiger partial charge on any atom is -0.492 e. The third kappa shape index (κ3) is 4.17. The molecule has 0 unspecified atom stereocenters. The van der Waals surface area contributed by atoms with E-state index in [-0.39, 0.29) is 0 Å². The molecule has 0 saturated heterocycles. The van der Waals surface area contributed by atoms with Crippen LogP contribution in [-0.2, 0) is 13.0 Å². The van der Waals surface area contributed by atoms with Gasteiger partial charge in [-0.25, -0.2) is 0 Å². The van der Waals surface area contributed by atoms with Crippen molar-refractivity contribution in [3.05, 3.63) is 52.2 Å². The third-order valence-electron chi connectivity index (χ3n) is 2.66. The lowest BCUT2D eigenvalue weighted by Crippen LogP contribution is -2.20. The highest BCUT2D eigenvalue weighted by Crippen LogP contribution is 2.16. The van der Waals surface area contributed by atoms with E-state index in [4.69, 9.17) is 4.74 Å². The molecule has 0 aliphatic carbocycles. The van der Waals surface area contributed by atoms with E-state index in [0.717, 1.165) is 25.3 Å². The molecule has 2 rings (SSSR count). The molecule has 0 spiro atoms. The highest BCUT2D eigenvalue weighted by molar-refractivity contribution is 7.11. The predicted octanol–water partition coefficient (Wildman–Crippen LogP) is 3.48.